The van der Waals surface area contributed by atoms with Crippen LogP contribution in [0.4, 0.5) is 10.5 Å². The highest BCUT2D eigenvalue weighted by molar-refractivity contribution is 6.04. The molecule has 1 aromatic rings. The number of rotatable bonds is 4. The van der Waals surface area contributed by atoms with Crippen molar-refractivity contribution in [3.63, 3.8) is 0 Å². The van der Waals surface area contributed by atoms with E-state index in [1.54, 1.807) is 47.4 Å². The Morgan fingerprint density at radius 1 is 1.12 bits per heavy atom. The summed E-state index contributed by atoms with van der Waals surface area (Å²) in [5, 5.41) is 29.4. The Morgan fingerprint density at radius 2 is 1.81 bits per heavy atom. The van der Waals surface area contributed by atoms with E-state index in [2.05, 4.69) is 5.32 Å². The number of carbonyl (C=O) groups excluding carboxylic acids is 2. The quantitative estimate of drug-likeness (QED) is 0.655. The largest absolute Gasteiger partial charge is 0.345 e. The predicted molar refractivity (Wildman–Crippen MR) is 89.6 cm³/mol. The lowest BCUT2D eigenvalue weighted by Crippen LogP contribution is -2.32. The third kappa shape index (κ3) is 2.94. The smallest absolute Gasteiger partial charge is 0.327 e. The van der Waals surface area contributed by atoms with Gasteiger partial charge in [-0.3, -0.25) is 9.69 Å². The van der Waals surface area contributed by atoms with E-state index in [0.29, 0.717) is 18.7 Å². The van der Waals surface area contributed by atoms with Gasteiger partial charge < -0.3 is 10.2 Å². The summed E-state index contributed by atoms with van der Waals surface area (Å²) < 4.78 is 0. The number of nitriles is 3. The Labute approximate surface area is 150 Å². The number of imide groups is 1. The molecule has 3 rings (SSSR count). The Kier molecular flexibility index (Phi) is 4.55. The molecule has 2 aliphatic heterocycles. The maximum atomic E-state index is 12.3. The average molecular weight is 346 g/mol. The molecule has 0 radical (unpaired) electrons. The lowest BCUT2D eigenvalue weighted by atomic mass is 10.1. The van der Waals surface area contributed by atoms with Gasteiger partial charge in [-0.2, -0.15) is 15.8 Å². The number of amides is 3. The molecule has 2 heterocycles. The van der Waals surface area contributed by atoms with Crippen molar-refractivity contribution in [3.05, 3.63) is 41.1 Å². The van der Waals surface area contributed by atoms with Gasteiger partial charge in [-0.05, 0) is 30.5 Å². The minimum absolute atomic E-state index is 0.131. The zero-order valence-electron chi connectivity index (χ0n) is 13.8. The summed E-state index contributed by atoms with van der Waals surface area (Å²) in [6.07, 6.45) is 1.58. The Bertz CT molecular complexity index is 875. The van der Waals surface area contributed by atoms with Crippen LogP contribution in [0.1, 0.15) is 18.4 Å². The molecule has 8 heteroatoms. The number of urea groups is 1. The summed E-state index contributed by atoms with van der Waals surface area (Å²) in [7, 11) is 0. The molecule has 2 aliphatic rings. The third-order valence-corrected chi connectivity index (χ3v) is 4.43. The van der Waals surface area contributed by atoms with Crippen molar-refractivity contribution >= 4 is 17.6 Å². The number of hydrogen-bond acceptors (Lipinski definition) is 6. The van der Waals surface area contributed by atoms with E-state index in [-0.39, 0.29) is 35.8 Å². The summed E-state index contributed by atoms with van der Waals surface area (Å²) in [6.45, 7) is 0.811. The van der Waals surface area contributed by atoms with Crippen LogP contribution in [-0.2, 0) is 11.3 Å². The monoisotopic (exact) mass is 346 g/mol. The van der Waals surface area contributed by atoms with Crippen LogP contribution < -0.4 is 5.32 Å². The van der Waals surface area contributed by atoms with Gasteiger partial charge in [-0.15, -0.1) is 0 Å². The standard InChI is InChI=1S/C18H14N6O2/c19-8-13(9-20)15(10-21)22-14-5-3-12(4-6-14)11-24-17(25)16-2-1-7-23(16)18(24)26/h3-6,16,22H,1-2,7,11H2. The Hall–Kier alpha value is -3.83. The van der Waals surface area contributed by atoms with Crippen molar-refractivity contribution in [3.8, 4) is 18.2 Å². The van der Waals surface area contributed by atoms with E-state index in [1.165, 1.54) is 4.90 Å². The second-order valence-corrected chi connectivity index (χ2v) is 5.97. The van der Waals surface area contributed by atoms with E-state index in [1.807, 2.05) is 0 Å². The van der Waals surface area contributed by atoms with E-state index in [9.17, 15) is 9.59 Å². The number of benzene rings is 1. The highest BCUT2D eigenvalue weighted by Gasteiger charge is 2.47. The van der Waals surface area contributed by atoms with E-state index in [4.69, 9.17) is 15.8 Å². The fraction of sp³-hybridized carbons (Fsp3) is 0.278. The van der Waals surface area contributed by atoms with E-state index >= 15 is 0 Å². The lowest BCUT2D eigenvalue weighted by molar-refractivity contribution is -0.128. The molecule has 0 bridgehead atoms. The fourth-order valence-corrected chi connectivity index (χ4v) is 3.13. The maximum absolute atomic E-state index is 12.3. The molecule has 2 fully saturated rings. The van der Waals surface area contributed by atoms with Gasteiger partial charge in [0, 0.05) is 12.2 Å². The van der Waals surface area contributed by atoms with Crippen molar-refractivity contribution in [2.45, 2.75) is 25.4 Å². The second kappa shape index (κ2) is 6.96. The van der Waals surface area contributed by atoms with Gasteiger partial charge in [0.05, 0.1) is 6.54 Å². The minimum Gasteiger partial charge on any atom is -0.345 e. The summed E-state index contributed by atoms with van der Waals surface area (Å²) in [5.41, 5.74) is 0.855. The first kappa shape index (κ1) is 17.0. The first-order valence-electron chi connectivity index (χ1n) is 8.01. The minimum atomic E-state index is -0.317. The molecule has 1 unspecified atom stereocenters. The van der Waals surface area contributed by atoms with Gasteiger partial charge in [0.1, 0.15) is 29.9 Å². The zero-order valence-corrected chi connectivity index (χ0v) is 13.8. The number of anilines is 1. The van der Waals surface area contributed by atoms with Crippen LogP contribution in [-0.4, -0.2) is 34.3 Å². The summed E-state index contributed by atoms with van der Waals surface area (Å²) in [5.74, 6) is -0.155. The van der Waals surface area contributed by atoms with Gasteiger partial charge in [0.25, 0.3) is 5.91 Å². The van der Waals surface area contributed by atoms with Gasteiger partial charge in [-0.1, -0.05) is 12.1 Å². The maximum Gasteiger partial charge on any atom is 0.327 e. The van der Waals surface area contributed by atoms with Gasteiger partial charge in [-0.25, -0.2) is 4.79 Å². The summed E-state index contributed by atoms with van der Waals surface area (Å²) in [4.78, 5) is 27.5. The van der Waals surface area contributed by atoms with Crippen LogP contribution in [0.15, 0.2) is 35.5 Å². The highest BCUT2D eigenvalue weighted by atomic mass is 16.2. The number of nitrogens with zero attached hydrogens (tertiary/aromatic N) is 5. The molecule has 0 spiro atoms. The van der Waals surface area contributed by atoms with Crippen LogP contribution in [0, 0.1) is 34.0 Å². The zero-order chi connectivity index (χ0) is 18.7. The molecule has 128 valence electrons. The lowest BCUT2D eigenvalue weighted by Gasteiger charge is -2.15. The predicted octanol–water partition coefficient (Wildman–Crippen LogP) is 1.85. The molecule has 0 saturated carbocycles. The molecule has 8 nitrogen and oxygen atoms in total. The summed E-state index contributed by atoms with van der Waals surface area (Å²) >= 11 is 0. The Morgan fingerprint density at radius 3 is 2.38 bits per heavy atom. The van der Waals surface area contributed by atoms with Crippen LogP contribution in [0.2, 0.25) is 0 Å². The molecule has 1 N–H and O–H groups in total. The highest BCUT2D eigenvalue weighted by Crippen LogP contribution is 2.28. The molecule has 3 amide bonds. The van der Waals surface area contributed by atoms with Crippen molar-refractivity contribution in [2.75, 3.05) is 11.9 Å². The number of carbonyl (C=O) groups is 2. The van der Waals surface area contributed by atoms with Crippen molar-refractivity contribution in [2.24, 2.45) is 0 Å². The molecule has 1 aromatic carbocycles. The van der Waals surface area contributed by atoms with Gasteiger partial charge >= 0.3 is 6.03 Å². The topological polar surface area (TPSA) is 124 Å². The SMILES string of the molecule is N#CC(C#N)=C(C#N)Nc1ccc(CN2C(=O)C3CCCN3C2=O)cc1. The molecule has 2 saturated heterocycles. The molecular formula is C18H14N6O2. The molecule has 0 aromatic heterocycles. The van der Waals surface area contributed by atoms with E-state index in [0.717, 1.165) is 12.0 Å². The van der Waals surface area contributed by atoms with Crippen LogP contribution in [0.25, 0.3) is 0 Å². The van der Waals surface area contributed by atoms with E-state index < -0.39 is 0 Å². The molecule has 0 aliphatic carbocycles. The number of allylic oxidation sites excluding steroid dienone is 2. The van der Waals surface area contributed by atoms with Crippen molar-refractivity contribution < 1.29 is 9.59 Å². The first-order valence-corrected chi connectivity index (χ1v) is 8.01. The number of fused-ring (bicyclic) bond motifs is 1. The second-order valence-electron chi connectivity index (χ2n) is 5.97. The fourth-order valence-electron chi connectivity index (χ4n) is 3.13. The molecule has 26 heavy (non-hydrogen) atoms. The van der Waals surface area contributed by atoms with Gasteiger partial charge in [0.15, 0.2) is 5.57 Å². The van der Waals surface area contributed by atoms with Crippen LogP contribution >= 0.6 is 0 Å². The Balaban J connectivity index is 1.71. The van der Waals surface area contributed by atoms with Crippen molar-refractivity contribution in [1.29, 1.82) is 15.8 Å². The first-order chi connectivity index (χ1) is 12.6. The van der Waals surface area contributed by atoms with Crippen LogP contribution in [0.3, 0.4) is 0 Å². The molecule has 1 atom stereocenters. The summed E-state index contributed by atoms with van der Waals surface area (Å²) in [6, 6.07) is 11.3. The van der Waals surface area contributed by atoms with Gasteiger partial charge in [0.2, 0.25) is 0 Å². The van der Waals surface area contributed by atoms with Crippen LogP contribution in [0.5, 0.6) is 0 Å². The third-order valence-electron chi connectivity index (χ3n) is 4.43. The van der Waals surface area contributed by atoms with Crippen molar-refractivity contribution in [1.82, 2.24) is 9.80 Å². The number of hydrogen-bond donors (Lipinski definition) is 1. The number of nitrogens with one attached hydrogen (secondary N) is 1. The average Bonchev–Trinajstić information content (AvgIpc) is 3.23. The normalized spacial score (nSPS) is 18.0. The molecular weight excluding hydrogens is 332 g/mol.